The van der Waals surface area contributed by atoms with Crippen LogP contribution in [0.2, 0.25) is 0 Å². The molecule has 1 aromatic heterocycles. The van der Waals surface area contributed by atoms with E-state index in [0.717, 1.165) is 0 Å². The summed E-state index contributed by atoms with van der Waals surface area (Å²) in [6.45, 7) is 0.239. The Balaban J connectivity index is 2.11. The number of aromatic nitrogens is 2. The van der Waals surface area contributed by atoms with Crippen molar-refractivity contribution >= 4 is 11.7 Å². The van der Waals surface area contributed by atoms with Crippen LogP contribution >= 0.6 is 0 Å². The number of nitrogen functional groups attached to an aromatic ring is 1. The van der Waals surface area contributed by atoms with E-state index in [4.69, 9.17) is 5.73 Å². The van der Waals surface area contributed by atoms with Gasteiger partial charge in [0.05, 0.1) is 0 Å². The Morgan fingerprint density at radius 2 is 2.28 bits per heavy atom. The minimum absolute atomic E-state index is 0.0473. The van der Waals surface area contributed by atoms with Crippen molar-refractivity contribution in [1.82, 2.24) is 15.2 Å². The fraction of sp³-hybridized carbons (Fsp3) is 0.182. The molecule has 1 amide bonds. The Hall–Kier alpha value is -2.44. The molecule has 0 fully saturated rings. The molecule has 0 radical (unpaired) electrons. The summed E-state index contributed by atoms with van der Waals surface area (Å²) in [6.07, 6.45) is 0. The summed E-state index contributed by atoms with van der Waals surface area (Å²) in [7, 11) is 1.56. The molecule has 0 spiro atoms. The highest BCUT2D eigenvalue weighted by atomic mass is 19.1. The maximum absolute atomic E-state index is 13.0. The molecule has 1 heterocycles. The topological polar surface area (TPSA) is 85.2 Å². The zero-order valence-corrected chi connectivity index (χ0v) is 9.63. The standard InChI is InChI=1S/C11H11FN4O2/c1-16(6-7-3-2-4-8(12)5-7)11(17)9-10(13)15-18-14-9/h2-5H,6H2,1H3,(H2,13,15). The maximum Gasteiger partial charge on any atom is 0.280 e. The molecule has 18 heavy (non-hydrogen) atoms. The van der Waals surface area contributed by atoms with Crippen LogP contribution in [0.1, 0.15) is 16.1 Å². The van der Waals surface area contributed by atoms with Crippen LogP contribution in [0.5, 0.6) is 0 Å². The number of rotatable bonds is 3. The summed E-state index contributed by atoms with van der Waals surface area (Å²) < 4.78 is 17.3. The largest absolute Gasteiger partial charge is 0.379 e. The third kappa shape index (κ3) is 2.45. The van der Waals surface area contributed by atoms with Crippen LogP contribution in [0.15, 0.2) is 28.9 Å². The lowest BCUT2D eigenvalue weighted by Crippen LogP contribution is -2.27. The van der Waals surface area contributed by atoms with E-state index in [9.17, 15) is 9.18 Å². The number of benzene rings is 1. The molecular weight excluding hydrogens is 239 g/mol. The third-order valence-electron chi connectivity index (χ3n) is 2.37. The first-order chi connectivity index (χ1) is 8.58. The summed E-state index contributed by atoms with van der Waals surface area (Å²) in [5.74, 6) is -0.847. The highest BCUT2D eigenvalue weighted by Crippen LogP contribution is 2.11. The molecule has 2 rings (SSSR count). The lowest BCUT2D eigenvalue weighted by Gasteiger charge is -2.15. The van der Waals surface area contributed by atoms with Gasteiger partial charge >= 0.3 is 0 Å². The zero-order chi connectivity index (χ0) is 13.1. The lowest BCUT2D eigenvalue weighted by atomic mass is 10.2. The number of hydrogen-bond acceptors (Lipinski definition) is 5. The summed E-state index contributed by atoms with van der Waals surface area (Å²) in [4.78, 5) is 13.3. The summed E-state index contributed by atoms with van der Waals surface area (Å²) in [5.41, 5.74) is 6.04. The zero-order valence-electron chi connectivity index (χ0n) is 9.63. The van der Waals surface area contributed by atoms with E-state index in [0.29, 0.717) is 5.56 Å². The molecule has 2 aromatic rings. The number of amides is 1. The average Bonchev–Trinajstić information content (AvgIpc) is 2.74. The third-order valence-corrected chi connectivity index (χ3v) is 2.37. The number of nitrogens with two attached hydrogens (primary N) is 1. The van der Waals surface area contributed by atoms with Gasteiger partial charge in [-0.3, -0.25) is 4.79 Å². The van der Waals surface area contributed by atoms with Crippen LogP contribution in [0.3, 0.4) is 0 Å². The van der Waals surface area contributed by atoms with Gasteiger partial charge in [-0.1, -0.05) is 12.1 Å². The van der Waals surface area contributed by atoms with Crippen molar-refractivity contribution in [1.29, 1.82) is 0 Å². The molecule has 0 saturated heterocycles. The molecule has 0 saturated carbocycles. The first-order valence-corrected chi connectivity index (χ1v) is 5.16. The first-order valence-electron chi connectivity index (χ1n) is 5.16. The van der Waals surface area contributed by atoms with E-state index in [2.05, 4.69) is 14.9 Å². The van der Waals surface area contributed by atoms with E-state index in [1.165, 1.54) is 17.0 Å². The summed E-state index contributed by atoms with van der Waals surface area (Å²) in [6, 6.07) is 5.99. The normalized spacial score (nSPS) is 10.3. The highest BCUT2D eigenvalue weighted by Gasteiger charge is 2.20. The molecule has 7 heteroatoms. The molecule has 0 unspecified atom stereocenters. The summed E-state index contributed by atoms with van der Waals surface area (Å²) in [5, 5.41) is 6.74. The van der Waals surface area contributed by atoms with Gasteiger partial charge in [-0.2, -0.15) is 0 Å². The van der Waals surface area contributed by atoms with E-state index in [1.54, 1.807) is 19.2 Å². The van der Waals surface area contributed by atoms with E-state index in [1.807, 2.05) is 0 Å². The quantitative estimate of drug-likeness (QED) is 0.880. The Labute approximate surface area is 102 Å². The predicted octanol–water partition coefficient (Wildman–Crippen LogP) is 1.06. The second kappa shape index (κ2) is 4.82. The van der Waals surface area contributed by atoms with Crippen molar-refractivity contribution < 1.29 is 13.8 Å². The van der Waals surface area contributed by atoms with E-state index in [-0.39, 0.29) is 23.9 Å². The number of carbonyl (C=O) groups is 1. The van der Waals surface area contributed by atoms with Gasteiger partial charge < -0.3 is 10.6 Å². The van der Waals surface area contributed by atoms with Crippen molar-refractivity contribution in [2.45, 2.75) is 6.54 Å². The van der Waals surface area contributed by atoms with Crippen LogP contribution < -0.4 is 5.73 Å². The first kappa shape index (κ1) is 12.0. The maximum atomic E-state index is 13.0. The minimum atomic E-state index is -0.432. The smallest absolute Gasteiger partial charge is 0.280 e. The Morgan fingerprint density at radius 1 is 1.50 bits per heavy atom. The van der Waals surface area contributed by atoms with Gasteiger partial charge in [-0.15, -0.1) is 0 Å². The second-order valence-electron chi connectivity index (χ2n) is 3.79. The second-order valence-corrected chi connectivity index (χ2v) is 3.79. The molecule has 0 bridgehead atoms. The van der Waals surface area contributed by atoms with Crippen molar-refractivity contribution in [2.24, 2.45) is 0 Å². The fourth-order valence-electron chi connectivity index (χ4n) is 1.51. The molecule has 1 aromatic carbocycles. The molecule has 0 atom stereocenters. The fourth-order valence-corrected chi connectivity index (χ4v) is 1.51. The molecule has 6 nitrogen and oxygen atoms in total. The highest BCUT2D eigenvalue weighted by molar-refractivity contribution is 5.95. The lowest BCUT2D eigenvalue weighted by molar-refractivity contribution is 0.0774. The summed E-state index contributed by atoms with van der Waals surface area (Å²) >= 11 is 0. The predicted molar refractivity (Wildman–Crippen MR) is 60.9 cm³/mol. The Kier molecular flexibility index (Phi) is 3.22. The average molecular weight is 250 g/mol. The van der Waals surface area contributed by atoms with Crippen molar-refractivity contribution in [3.63, 3.8) is 0 Å². The van der Waals surface area contributed by atoms with Gasteiger partial charge in [0.2, 0.25) is 11.5 Å². The van der Waals surface area contributed by atoms with Gasteiger partial charge in [0, 0.05) is 13.6 Å². The van der Waals surface area contributed by atoms with Gasteiger partial charge in [0.15, 0.2) is 0 Å². The SMILES string of the molecule is CN(Cc1cccc(F)c1)C(=O)c1nonc1N. The van der Waals surface area contributed by atoms with Crippen molar-refractivity contribution in [2.75, 3.05) is 12.8 Å². The van der Waals surface area contributed by atoms with Crippen LogP contribution in [-0.2, 0) is 6.54 Å². The van der Waals surface area contributed by atoms with E-state index < -0.39 is 5.91 Å². The van der Waals surface area contributed by atoms with Gasteiger partial charge in [-0.05, 0) is 28.0 Å². The van der Waals surface area contributed by atoms with Gasteiger partial charge in [-0.25, -0.2) is 9.02 Å². The number of halogens is 1. The molecule has 0 aliphatic carbocycles. The number of hydrogen-bond donors (Lipinski definition) is 1. The number of anilines is 1. The molecule has 2 N–H and O–H groups in total. The minimum Gasteiger partial charge on any atom is -0.379 e. The van der Waals surface area contributed by atoms with Crippen molar-refractivity contribution in [3.05, 3.63) is 41.3 Å². The van der Waals surface area contributed by atoms with E-state index >= 15 is 0 Å². The Morgan fingerprint density at radius 3 is 2.89 bits per heavy atom. The molecular formula is C11H11FN4O2. The monoisotopic (exact) mass is 250 g/mol. The van der Waals surface area contributed by atoms with Gasteiger partial charge in [0.1, 0.15) is 5.82 Å². The van der Waals surface area contributed by atoms with Crippen LogP contribution in [0.4, 0.5) is 10.2 Å². The Bertz CT molecular complexity index is 570. The van der Waals surface area contributed by atoms with Crippen molar-refractivity contribution in [3.8, 4) is 0 Å². The molecule has 0 aliphatic heterocycles. The van der Waals surface area contributed by atoms with Crippen LogP contribution in [-0.4, -0.2) is 28.2 Å². The number of carbonyl (C=O) groups excluding carboxylic acids is 1. The number of nitrogens with zero attached hydrogens (tertiary/aromatic N) is 3. The molecule has 0 aliphatic rings. The van der Waals surface area contributed by atoms with Crippen LogP contribution in [0.25, 0.3) is 0 Å². The molecule has 94 valence electrons. The van der Waals surface area contributed by atoms with Gasteiger partial charge in [0.25, 0.3) is 5.91 Å². The van der Waals surface area contributed by atoms with Crippen LogP contribution in [0, 0.1) is 5.82 Å².